The molecule has 0 fully saturated rings. The van der Waals surface area contributed by atoms with E-state index in [1.165, 1.54) is 6.07 Å². The van der Waals surface area contributed by atoms with Crippen molar-refractivity contribution in [2.45, 2.75) is 18.7 Å². The number of fused-ring (bicyclic) bond motifs is 3. The monoisotopic (exact) mass is 309 g/mol. The van der Waals surface area contributed by atoms with Crippen molar-refractivity contribution in [1.29, 1.82) is 0 Å². The first kappa shape index (κ1) is 14.4. The number of halogens is 3. The number of benzene rings is 2. The SMILES string of the molecule is CC(=O)OC1(C(F)(F)F)C(=O)Nc2c1ccc1ccccc21. The number of anilines is 1. The highest BCUT2D eigenvalue weighted by atomic mass is 19.4. The van der Waals surface area contributed by atoms with Crippen LogP contribution in [-0.4, -0.2) is 18.1 Å². The summed E-state index contributed by atoms with van der Waals surface area (Å²) in [4.78, 5) is 23.2. The summed E-state index contributed by atoms with van der Waals surface area (Å²) in [5.41, 5.74) is -3.70. The van der Waals surface area contributed by atoms with E-state index in [1.807, 2.05) is 0 Å². The van der Waals surface area contributed by atoms with Crippen LogP contribution in [0, 0.1) is 0 Å². The number of hydrogen-bond acceptors (Lipinski definition) is 3. The van der Waals surface area contributed by atoms with Crippen LogP contribution < -0.4 is 5.32 Å². The van der Waals surface area contributed by atoms with Crippen LogP contribution in [0.1, 0.15) is 12.5 Å². The first-order valence-electron chi connectivity index (χ1n) is 6.37. The molecular formula is C15H10F3NO3. The van der Waals surface area contributed by atoms with Crippen molar-refractivity contribution in [3.63, 3.8) is 0 Å². The molecule has 0 aliphatic carbocycles. The van der Waals surface area contributed by atoms with Crippen LogP contribution in [0.25, 0.3) is 10.8 Å². The summed E-state index contributed by atoms with van der Waals surface area (Å²) >= 11 is 0. The third-order valence-corrected chi connectivity index (χ3v) is 3.56. The molecule has 1 atom stereocenters. The fraction of sp³-hybridized carbons (Fsp3) is 0.200. The van der Waals surface area contributed by atoms with Gasteiger partial charge in [-0.15, -0.1) is 0 Å². The largest absolute Gasteiger partial charge is 0.442 e. The van der Waals surface area contributed by atoms with Crippen LogP contribution in [-0.2, 0) is 19.9 Å². The maximum atomic E-state index is 13.6. The van der Waals surface area contributed by atoms with Crippen LogP contribution in [0.3, 0.4) is 0 Å². The van der Waals surface area contributed by atoms with E-state index in [0.29, 0.717) is 10.8 Å². The Morgan fingerprint density at radius 3 is 2.50 bits per heavy atom. The molecule has 1 unspecified atom stereocenters. The Morgan fingerprint density at radius 1 is 1.18 bits per heavy atom. The van der Waals surface area contributed by atoms with Gasteiger partial charge in [-0.2, -0.15) is 13.2 Å². The van der Waals surface area contributed by atoms with Gasteiger partial charge in [-0.25, -0.2) is 0 Å². The number of carbonyl (C=O) groups excluding carboxylic acids is 2. The zero-order valence-electron chi connectivity index (χ0n) is 11.3. The molecule has 4 nitrogen and oxygen atoms in total. The quantitative estimate of drug-likeness (QED) is 0.824. The number of alkyl halides is 3. The fourth-order valence-corrected chi connectivity index (χ4v) is 2.68. The zero-order valence-corrected chi connectivity index (χ0v) is 11.3. The van der Waals surface area contributed by atoms with E-state index in [-0.39, 0.29) is 5.69 Å². The first-order chi connectivity index (χ1) is 10.3. The summed E-state index contributed by atoms with van der Waals surface area (Å²) in [6, 6.07) is 9.29. The molecule has 1 aliphatic rings. The molecular weight excluding hydrogens is 299 g/mol. The molecule has 0 bridgehead atoms. The molecule has 114 valence electrons. The van der Waals surface area contributed by atoms with Crippen LogP contribution in [0.2, 0.25) is 0 Å². The van der Waals surface area contributed by atoms with Crippen LogP contribution >= 0.6 is 0 Å². The molecule has 2 aromatic rings. The molecule has 1 amide bonds. The molecule has 0 saturated heterocycles. The van der Waals surface area contributed by atoms with Gasteiger partial charge in [0.05, 0.1) is 5.69 Å². The highest BCUT2D eigenvalue weighted by Gasteiger charge is 2.68. The molecule has 2 aromatic carbocycles. The Balaban J connectivity index is 2.34. The van der Waals surface area contributed by atoms with E-state index in [4.69, 9.17) is 0 Å². The third kappa shape index (κ3) is 1.78. The Bertz CT molecular complexity index is 800. The number of ether oxygens (including phenoxy) is 1. The topological polar surface area (TPSA) is 55.4 Å². The summed E-state index contributed by atoms with van der Waals surface area (Å²) in [6.45, 7) is 0.833. The van der Waals surface area contributed by atoms with E-state index >= 15 is 0 Å². The molecule has 7 heteroatoms. The van der Waals surface area contributed by atoms with Gasteiger partial charge in [0.1, 0.15) is 0 Å². The van der Waals surface area contributed by atoms with E-state index in [0.717, 1.165) is 13.0 Å². The Morgan fingerprint density at radius 2 is 1.86 bits per heavy atom. The maximum Gasteiger partial charge on any atom is 0.442 e. The van der Waals surface area contributed by atoms with E-state index < -0.39 is 29.2 Å². The van der Waals surface area contributed by atoms with Gasteiger partial charge in [0.25, 0.3) is 5.91 Å². The predicted octanol–water partition coefficient (Wildman–Crippen LogP) is 3.11. The fourth-order valence-electron chi connectivity index (χ4n) is 2.68. The lowest BCUT2D eigenvalue weighted by Crippen LogP contribution is -2.51. The van der Waals surface area contributed by atoms with Crippen molar-refractivity contribution in [1.82, 2.24) is 0 Å². The van der Waals surface area contributed by atoms with E-state index in [9.17, 15) is 22.8 Å². The number of hydrogen-bond donors (Lipinski definition) is 1. The van der Waals surface area contributed by atoms with E-state index in [2.05, 4.69) is 10.1 Å². The van der Waals surface area contributed by atoms with Gasteiger partial charge in [-0.3, -0.25) is 9.59 Å². The smallest absolute Gasteiger partial charge is 0.434 e. The van der Waals surface area contributed by atoms with Crippen LogP contribution in [0.4, 0.5) is 18.9 Å². The van der Waals surface area contributed by atoms with Crippen molar-refractivity contribution < 1.29 is 27.5 Å². The minimum Gasteiger partial charge on any atom is -0.434 e. The molecule has 0 aromatic heterocycles. The molecule has 1 N–H and O–H groups in total. The molecule has 1 heterocycles. The highest BCUT2D eigenvalue weighted by molar-refractivity contribution is 6.13. The second-order valence-electron chi connectivity index (χ2n) is 4.94. The summed E-state index contributed by atoms with van der Waals surface area (Å²) < 4.78 is 45.2. The van der Waals surface area contributed by atoms with Crippen molar-refractivity contribution in [2.75, 3.05) is 5.32 Å². The lowest BCUT2D eigenvalue weighted by Gasteiger charge is -2.29. The maximum absolute atomic E-state index is 13.6. The zero-order chi connectivity index (χ0) is 16.1. The number of esters is 1. The second-order valence-corrected chi connectivity index (χ2v) is 4.94. The minimum atomic E-state index is -5.07. The third-order valence-electron chi connectivity index (χ3n) is 3.56. The summed E-state index contributed by atoms with van der Waals surface area (Å²) in [6.07, 6.45) is -5.07. The van der Waals surface area contributed by atoms with Gasteiger partial charge in [0.15, 0.2) is 0 Å². The number of rotatable bonds is 1. The average Bonchev–Trinajstić information content (AvgIpc) is 2.72. The molecule has 22 heavy (non-hydrogen) atoms. The second kappa shape index (κ2) is 4.46. The average molecular weight is 309 g/mol. The van der Waals surface area contributed by atoms with Crippen LogP contribution in [0.5, 0.6) is 0 Å². The van der Waals surface area contributed by atoms with Crippen molar-refractivity contribution in [3.8, 4) is 0 Å². The normalized spacial score (nSPS) is 20.6. The molecule has 1 aliphatic heterocycles. The number of nitrogens with one attached hydrogen (secondary N) is 1. The van der Waals surface area contributed by atoms with Crippen molar-refractivity contribution in [2.24, 2.45) is 0 Å². The minimum absolute atomic E-state index is 0.0154. The first-order valence-corrected chi connectivity index (χ1v) is 6.37. The van der Waals surface area contributed by atoms with Crippen molar-refractivity contribution >= 4 is 28.3 Å². The van der Waals surface area contributed by atoms with Gasteiger partial charge >= 0.3 is 17.7 Å². The van der Waals surface area contributed by atoms with Gasteiger partial charge in [0.2, 0.25) is 0 Å². The lowest BCUT2D eigenvalue weighted by atomic mass is 9.92. The molecule has 0 saturated carbocycles. The number of carbonyl (C=O) groups is 2. The summed E-state index contributed by atoms with van der Waals surface area (Å²) in [5.74, 6) is -2.60. The standard InChI is InChI=1S/C15H10F3NO3/c1-8(20)22-14(15(16,17)18)11-7-6-9-4-2-3-5-10(9)12(11)19-13(14)21/h2-7H,1H3,(H,19,21). The predicted molar refractivity (Wildman–Crippen MR) is 72.1 cm³/mol. The molecule has 0 spiro atoms. The van der Waals surface area contributed by atoms with Crippen molar-refractivity contribution in [3.05, 3.63) is 42.0 Å². The Labute approximate surface area is 122 Å². The summed E-state index contributed by atoms with van der Waals surface area (Å²) in [7, 11) is 0. The van der Waals surface area contributed by atoms with Gasteiger partial charge in [0, 0.05) is 17.9 Å². The number of amides is 1. The molecule has 3 rings (SSSR count). The Kier molecular flexibility index (Phi) is 2.91. The van der Waals surface area contributed by atoms with Gasteiger partial charge < -0.3 is 10.1 Å². The van der Waals surface area contributed by atoms with Gasteiger partial charge in [-0.1, -0.05) is 36.4 Å². The van der Waals surface area contributed by atoms with Crippen LogP contribution in [0.15, 0.2) is 36.4 Å². The van der Waals surface area contributed by atoms with E-state index in [1.54, 1.807) is 24.3 Å². The molecule has 0 radical (unpaired) electrons. The Hall–Kier alpha value is -2.57. The lowest BCUT2D eigenvalue weighted by molar-refractivity contribution is -0.262. The summed E-state index contributed by atoms with van der Waals surface area (Å²) in [5, 5.41) is 3.33. The van der Waals surface area contributed by atoms with Gasteiger partial charge in [-0.05, 0) is 5.39 Å². The highest BCUT2D eigenvalue weighted by Crippen LogP contribution is 2.51.